The highest BCUT2D eigenvalue weighted by Crippen LogP contribution is 2.31. The highest BCUT2D eigenvalue weighted by atomic mass is 32.2. The van der Waals surface area contributed by atoms with Gasteiger partial charge in [0.05, 0.1) is 21.7 Å². The van der Waals surface area contributed by atoms with Gasteiger partial charge in [-0.05, 0) is 43.2 Å². The molecule has 0 radical (unpaired) electrons. The molecule has 0 spiro atoms. The molecular weight excluding hydrogens is 471 g/mol. The summed E-state index contributed by atoms with van der Waals surface area (Å²) >= 11 is 0. The lowest BCUT2D eigenvalue weighted by atomic mass is 9.89. The number of alkyl halides is 3. The molecule has 0 atom stereocenters. The smallest absolute Gasteiger partial charge is 0.354 e. The maximum atomic E-state index is 13.0. The number of carbonyl (C=O) groups is 2. The second-order valence-electron chi connectivity index (χ2n) is 8.06. The number of sulfonamides is 1. The first-order valence-corrected chi connectivity index (χ1v) is 12.4. The van der Waals surface area contributed by atoms with Crippen LogP contribution in [-0.2, 0) is 21.0 Å². The molecule has 11 heteroatoms. The molecule has 0 aromatic heterocycles. The maximum absolute atomic E-state index is 13.0. The molecule has 2 aromatic rings. The fraction of sp³-hybridized carbons (Fsp3) is 0.391. The average molecular weight is 498 g/mol. The van der Waals surface area contributed by atoms with Crippen LogP contribution in [0.4, 0.5) is 18.9 Å². The predicted octanol–water partition coefficient (Wildman–Crippen LogP) is 3.93. The Kier molecular flexibility index (Phi) is 8.19. The molecule has 1 fully saturated rings. The summed E-state index contributed by atoms with van der Waals surface area (Å²) in [4.78, 5) is 24.2. The normalized spacial score (nSPS) is 14.9. The van der Waals surface area contributed by atoms with Crippen molar-refractivity contribution in [3.8, 4) is 0 Å². The van der Waals surface area contributed by atoms with E-state index in [1.165, 1.54) is 24.3 Å². The molecule has 0 heterocycles. The van der Waals surface area contributed by atoms with Crippen molar-refractivity contribution in [3.63, 3.8) is 0 Å². The molecule has 0 bridgehead atoms. The van der Waals surface area contributed by atoms with E-state index in [2.05, 4.69) is 15.4 Å². The first-order chi connectivity index (χ1) is 16.1. The van der Waals surface area contributed by atoms with Gasteiger partial charge in [-0.1, -0.05) is 37.5 Å². The number of benzene rings is 2. The number of rotatable bonds is 8. The number of para-hydroxylation sites is 1. The van der Waals surface area contributed by atoms with E-state index < -0.39 is 32.6 Å². The minimum absolute atomic E-state index is 0.00309. The van der Waals surface area contributed by atoms with Gasteiger partial charge in [-0.3, -0.25) is 14.3 Å². The Morgan fingerprint density at radius 3 is 2.29 bits per heavy atom. The number of nitrogens with one attached hydrogen (secondary N) is 3. The van der Waals surface area contributed by atoms with Gasteiger partial charge in [-0.2, -0.15) is 13.2 Å². The van der Waals surface area contributed by atoms with E-state index in [0.717, 1.165) is 50.3 Å². The van der Waals surface area contributed by atoms with Crippen molar-refractivity contribution in [2.45, 2.75) is 43.2 Å². The van der Waals surface area contributed by atoms with Crippen molar-refractivity contribution in [2.75, 3.05) is 17.8 Å². The SMILES string of the molecule is O=C(NCCNC(=O)C1CCCCC1)c1ccccc1NS(=O)(=O)c1cccc(C(F)(F)F)c1. The van der Waals surface area contributed by atoms with Crippen LogP contribution in [0, 0.1) is 5.92 Å². The molecular formula is C23H26F3N3O4S. The lowest BCUT2D eigenvalue weighted by Crippen LogP contribution is -2.38. The topological polar surface area (TPSA) is 104 Å². The molecule has 1 aliphatic rings. The summed E-state index contributed by atoms with van der Waals surface area (Å²) in [5.41, 5.74) is -1.18. The lowest BCUT2D eigenvalue weighted by molar-refractivity contribution is -0.137. The Morgan fingerprint density at radius 1 is 0.912 bits per heavy atom. The number of anilines is 1. The second kappa shape index (κ2) is 10.9. The van der Waals surface area contributed by atoms with Gasteiger partial charge < -0.3 is 10.6 Å². The molecule has 1 aliphatic carbocycles. The Balaban J connectivity index is 1.62. The molecule has 3 N–H and O–H groups in total. The summed E-state index contributed by atoms with van der Waals surface area (Å²) in [6.45, 7) is 0.352. The van der Waals surface area contributed by atoms with Gasteiger partial charge in [-0.15, -0.1) is 0 Å². The standard InChI is InChI=1S/C23H26F3N3O4S/c24-23(25,26)17-9-6-10-18(15-17)34(32,33)29-20-12-5-4-11-19(20)22(31)28-14-13-27-21(30)16-7-2-1-3-8-16/h4-6,9-12,15-16,29H,1-3,7-8,13-14H2,(H,27,30)(H,28,31). The third-order valence-electron chi connectivity index (χ3n) is 5.57. The Labute approximate surface area is 196 Å². The van der Waals surface area contributed by atoms with Crippen molar-refractivity contribution in [1.29, 1.82) is 0 Å². The molecule has 0 aliphatic heterocycles. The molecule has 0 saturated heterocycles. The second-order valence-corrected chi connectivity index (χ2v) is 9.74. The zero-order valence-corrected chi connectivity index (χ0v) is 19.1. The Hall–Kier alpha value is -3.08. The van der Waals surface area contributed by atoms with Crippen molar-refractivity contribution < 1.29 is 31.2 Å². The molecule has 3 rings (SSSR count). The third kappa shape index (κ3) is 6.72. The van der Waals surface area contributed by atoms with Crippen molar-refractivity contribution in [2.24, 2.45) is 5.92 Å². The van der Waals surface area contributed by atoms with Crippen molar-refractivity contribution >= 4 is 27.5 Å². The van der Waals surface area contributed by atoms with Gasteiger partial charge >= 0.3 is 6.18 Å². The van der Waals surface area contributed by atoms with Crippen LogP contribution in [0.25, 0.3) is 0 Å². The number of halogens is 3. The van der Waals surface area contributed by atoms with E-state index in [9.17, 15) is 31.2 Å². The molecule has 1 saturated carbocycles. The number of carbonyl (C=O) groups excluding carboxylic acids is 2. The van der Waals surface area contributed by atoms with Crippen LogP contribution in [0.2, 0.25) is 0 Å². The van der Waals surface area contributed by atoms with E-state index in [4.69, 9.17) is 0 Å². The summed E-state index contributed by atoms with van der Waals surface area (Å²) < 4.78 is 66.4. The first-order valence-electron chi connectivity index (χ1n) is 10.9. The van der Waals surface area contributed by atoms with Gasteiger partial charge in [0.1, 0.15) is 0 Å². The summed E-state index contributed by atoms with van der Waals surface area (Å²) in [6.07, 6.45) is 0.214. The van der Waals surface area contributed by atoms with E-state index in [0.29, 0.717) is 6.07 Å². The van der Waals surface area contributed by atoms with Crippen LogP contribution in [0.5, 0.6) is 0 Å². The average Bonchev–Trinajstić information content (AvgIpc) is 2.82. The predicted molar refractivity (Wildman–Crippen MR) is 121 cm³/mol. The zero-order valence-electron chi connectivity index (χ0n) is 18.3. The van der Waals surface area contributed by atoms with Crippen LogP contribution in [-0.4, -0.2) is 33.3 Å². The zero-order chi connectivity index (χ0) is 24.8. The van der Waals surface area contributed by atoms with Crippen LogP contribution in [0.3, 0.4) is 0 Å². The monoisotopic (exact) mass is 497 g/mol. The van der Waals surface area contributed by atoms with Crippen LogP contribution in [0.15, 0.2) is 53.4 Å². The van der Waals surface area contributed by atoms with E-state index in [-0.39, 0.29) is 36.2 Å². The molecule has 7 nitrogen and oxygen atoms in total. The number of hydrogen-bond donors (Lipinski definition) is 3. The highest BCUT2D eigenvalue weighted by molar-refractivity contribution is 7.92. The fourth-order valence-electron chi connectivity index (χ4n) is 3.78. The third-order valence-corrected chi connectivity index (χ3v) is 6.94. The fourth-order valence-corrected chi connectivity index (χ4v) is 4.90. The first kappa shape index (κ1) is 25.5. The minimum atomic E-state index is -4.70. The summed E-state index contributed by atoms with van der Waals surface area (Å²) in [5, 5.41) is 5.41. The molecule has 2 aromatic carbocycles. The quantitative estimate of drug-likeness (QED) is 0.481. The van der Waals surface area contributed by atoms with Gasteiger partial charge in [0.15, 0.2) is 0 Å². The Bertz CT molecular complexity index is 1130. The van der Waals surface area contributed by atoms with Gasteiger partial charge in [0, 0.05) is 19.0 Å². The van der Waals surface area contributed by atoms with Crippen molar-refractivity contribution in [1.82, 2.24) is 10.6 Å². The van der Waals surface area contributed by atoms with Crippen molar-refractivity contribution in [3.05, 3.63) is 59.7 Å². The van der Waals surface area contributed by atoms with E-state index in [1.807, 2.05) is 0 Å². The summed E-state index contributed by atoms with van der Waals surface area (Å²) in [7, 11) is -4.39. The van der Waals surface area contributed by atoms with Crippen LogP contribution in [0.1, 0.15) is 48.0 Å². The molecule has 34 heavy (non-hydrogen) atoms. The summed E-state index contributed by atoms with van der Waals surface area (Å²) in [5.74, 6) is -0.632. The van der Waals surface area contributed by atoms with Gasteiger partial charge in [-0.25, -0.2) is 8.42 Å². The largest absolute Gasteiger partial charge is 0.416 e. The maximum Gasteiger partial charge on any atom is 0.416 e. The minimum Gasteiger partial charge on any atom is -0.354 e. The van der Waals surface area contributed by atoms with Gasteiger partial charge in [0.25, 0.3) is 15.9 Å². The molecule has 2 amide bonds. The number of amides is 2. The lowest BCUT2D eigenvalue weighted by Gasteiger charge is -2.20. The Morgan fingerprint density at radius 2 is 1.59 bits per heavy atom. The number of hydrogen-bond acceptors (Lipinski definition) is 4. The molecule has 0 unspecified atom stereocenters. The summed E-state index contributed by atoms with van der Waals surface area (Å²) in [6, 6.07) is 9.08. The van der Waals surface area contributed by atoms with Crippen LogP contribution >= 0.6 is 0 Å². The van der Waals surface area contributed by atoms with E-state index >= 15 is 0 Å². The molecule has 184 valence electrons. The van der Waals surface area contributed by atoms with Gasteiger partial charge in [0.2, 0.25) is 5.91 Å². The highest BCUT2D eigenvalue weighted by Gasteiger charge is 2.32. The van der Waals surface area contributed by atoms with E-state index in [1.54, 1.807) is 0 Å². The van der Waals surface area contributed by atoms with Crippen LogP contribution < -0.4 is 15.4 Å².